The average Bonchev–Trinajstić information content (AvgIpc) is 3.56. The molecule has 0 bridgehead atoms. The van der Waals surface area contributed by atoms with E-state index in [2.05, 4.69) is 23.5 Å². The highest BCUT2D eigenvalue weighted by molar-refractivity contribution is 7.09. The van der Waals surface area contributed by atoms with Crippen molar-refractivity contribution in [2.75, 3.05) is 23.8 Å². The summed E-state index contributed by atoms with van der Waals surface area (Å²) in [5.74, 6) is -1.45. The first-order chi connectivity index (χ1) is 18.2. The van der Waals surface area contributed by atoms with Crippen LogP contribution >= 0.6 is 11.5 Å². The first-order valence-corrected chi connectivity index (χ1v) is 13.4. The molecule has 1 saturated heterocycles. The number of benzene rings is 2. The number of hydrogen-bond acceptors (Lipinski definition) is 7. The van der Waals surface area contributed by atoms with Gasteiger partial charge in [-0.3, -0.25) is 19.3 Å². The Morgan fingerprint density at radius 2 is 1.76 bits per heavy atom. The van der Waals surface area contributed by atoms with E-state index in [1.807, 2.05) is 55.5 Å². The minimum atomic E-state index is -1.02. The van der Waals surface area contributed by atoms with Gasteiger partial charge in [0.2, 0.25) is 5.91 Å². The lowest BCUT2D eigenvalue weighted by Crippen LogP contribution is -2.45. The van der Waals surface area contributed by atoms with Gasteiger partial charge in [-0.05, 0) is 60.5 Å². The highest BCUT2D eigenvalue weighted by Crippen LogP contribution is 2.34. The summed E-state index contributed by atoms with van der Waals surface area (Å²) < 4.78 is 9.69. The largest absolute Gasteiger partial charge is 0.395 e. The summed E-state index contributed by atoms with van der Waals surface area (Å²) in [7, 11) is 0. The maximum atomic E-state index is 14.1. The summed E-state index contributed by atoms with van der Waals surface area (Å²) in [5, 5.41) is 2.99. The molecule has 0 aliphatic carbocycles. The molecule has 1 aliphatic heterocycles. The maximum absolute atomic E-state index is 14.1. The molecular formula is C28H33N5O4S. The average molecular weight is 536 g/mol. The Balaban J connectivity index is 1.81. The standard InChI is InChI=1S/C28H33N5O4S/c1-16(2)18-10-12-20(13-11-18)33(28(36)25-22(29)23(26(30)34)32-38-25)24(19-8-6-17(3)7-9-19)27(35)31-15-21-5-4-14-37-21/h6-13,16,21,24H,4-5,14-15,29H2,1-3H3,(H2,30,34)(H,31,35)/t21-,24+/m0/s1. The zero-order valence-electron chi connectivity index (χ0n) is 21.8. The smallest absolute Gasteiger partial charge is 0.273 e. The van der Waals surface area contributed by atoms with E-state index in [9.17, 15) is 14.4 Å². The number of nitrogens with one attached hydrogen (secondary N) is 1. The van der Waals surface area contributed by atoms with Crippen molar-refractivity contribution < 1.29 is 19.1 Å². The van der Waals surface area contributed by atoms with Gasteiger partial charge in [-0.25, -0.2) is 0 Å². The SMILES string of the molecule is Cc1ccc([C@H](C(=O)NC[C@@H]2CCCO2)N(C(=O)c2snc(C(N)=O)c2N)c2ccc(C(C)C)cc2)cc1. The van der Waals surface area contributed by atoms with Gasteiger partial charge in [0.1, 0.15) is 10.9 Å². The summed E-state index contributed by atoms with van der Waals surface area (Å²) in [6, 6.07) is 13.9. The number of carbonyl (C=O) groups is 3. The Hall–Kier alpha value is -3.76. The topological polar surface area (TPSA) is 141 Å². The Bertz CT molecular complexity index is 1300. The van der Waals surface area contributed by atoms with Gasteiger partial charge in [-0.2, -0.15) is 4.37 Å². The molecule has 0 radical (unpaired) electrons. The monoisotopic (exact) mass is 535 g/mol. The second-order valence-corrected chi connectivity index (χ2v) is 10.5. The van der Waals surface area contributed by atoms with E-state index < -0.39 is 17.9 Å². The molecule has 1 aromatic heterocycles. The summed E-state index contributed by atoms with van der Waals surface area (Å²) in [6.45, 7) is 7.11. The predicted molar refractivity (Wildman–Crippen MR) is 148 cm³/mol. The normalized spacial score (nSPS) is 15.8. The number of hydrogen-bond donors (Lipinski definition) is 3. The van der Waals surface area contributed by atoms with Crippen molar-refractivity contribution in [1.29, 1.82) is 0 Å². The maximum Gasteiger partial charge on any atom is 0.273 e. The zero-order chi connectivity index (χ0) is 27.4. The van der Waals surface area contributed by atoms with Crippen LogP contribution in [0.4, 0.5) is 11.4 Å². The molecule has 0 saturated carbocycles. The minimum absolute atomic E-state index is 0.0378. The van der Waals surface area contributed by atoms with Gasteiger partial charge in [-0.1, -0.05) is 55.8 Å². The summed E-state index contributed by atoms with van der Waals surface area (Å²) in [5.41, 5.74) is 14.5. The number of primary amides is 1. The van der Waals surface area contributed by atoms with Crippen molar-refractivity contribution in [2.45, 2.75) is 51.7 Å². The molecule has 2 aromatic carbocycles. The number of aryl methyl sites for hydroxylation is 1. The van der Waals surface area contributed by atoms with Gasteiger partial charge in [-0.15, -0.1) is 0 Å². The van der Waals surface area contributed by atoms with Crippen LogP contribution in [0, 0.1) is 6.92 Å². The van der Waals surface area contributed by atoms with Gasteiger partial charge >= 0.3 is 0 Å². The lowest BCUT2D eigenvalue weighted by Gasteiger charge is -2.32. The summed E-state index contributed by atoms with van der Waals surface area (Å²) in [6.07, 6.45) is 1.74. The fourth-order valence-corrected chi connectivity index (χ4v) is 5.17. The van der Waals surface area contributed by atoms with Crippen LogP contribution in [0.15, 0.2) is 48.5 Å². The number of nitrogens with zero attached hydrogens (tertiary/aromatic N) is 2. The molecule has 38 heavy (non-hydrogen) atoms. The molecule has 2 heterocycles. The zero-order valence-corrected chi connectivity index (χ0v) is 22.6. The molecule has 1 fully saturated rings. The van der Waals surface area contributed by atoms with Crippen LogP contribution in [0.25, 0.3) is 0 Å². The molecule has 3 amide bonds. The van der Waals surface area contributed by atoms with Crippen LogP contribution < -0.4 is 21.7 Å². The van der Waals surface area contributed by atoms with E-state index in [1.165, 1.54) is 4.90 Å². The second-order valence-electron chi connectivity index (χ2n) is 9.75. The fraction of sp³-hybridized carbons (Fsp3) is 0.357. The lowest BCUT2D eigenvalue weighted by atomic mass is 9.99. The van der Waals surface area contributed by atoms with Gasteiger partial charge < -0.3 is 21.5 Å². The van der Waals surface area contributed by atoms with E-state index in [1.54, 1.807) is 0 Å². The van der Waals surface area contributed by atoms with Gasteiger partial charge in [0, 0.05) is 18.8 Å². The van der Waals surface area contributed by atoms with Crippen LogP contribution in [0.5, 0.6) is 0 Å². The van der Waals surface area contributed by atoms with Crippen LogP contribution in [0.1, 0.15) is 75.5 Å². The number of nitrogens with two attached hydrogens (primary N) is 2. The third-order valence-corrected chi connectivity index (χ3v) is 7.49. The predicted octanol–water partition coefficient (Wildman–Crippen LogP) is 3.94. The first-order valence-electron chi connectivity index (χ1n) is 12.6. The van der Waals surface area contributed by atoms with E-state index in [0.29, 0.717) is 24.4 Å². The van der Waals surface area contributed by atoms with Crippen molar-refractivity contribution in [3.05, 3.63) is 75.8 Å². The molecule has 0 unspecified atom stereocenters. The summed E-state index contributed by atoms with van der Waals surface area (Å²) >= 11 is 0.785. The number of ether oxygens (including phenoxy) is 1. The highest BCUT2D eigenvalue weighted by Gasteiger charge is 2.36. The molecule has 200 valence electrons. The molecule has 3 aromatic rings. The first kappa shape index (κ1) is 27.3. The molecule has 5 N–H and O–H groups in total. The molecule has 9 nitrogen and oxygen atoms in total. The number of aromatic nitrogens is 1. The van der Waals surface area contributed by atoms with Gasteiger partial charge in [0.15, 0.2) is 5.69 Å². The number of carbonyl (C=O) groups excluding carboxylic acids is 3. The highest BCUT2D eigenvalue weighted by atomic mass is 32.1. The van der Waals surface area contributed by atoms with Crippen LogP contribution in [-0.2, 0) is 9.53 Å². The molecule has 2 atom stereocenters. The number of rotatable bonds is 9. The second kappa shape index (κ2) is 11.7. The molecular weight excluding hydrogens is 502 g/mol. The third kappa shape index (κ3) is 5.87. The van der Waals surface area contributed by atoms with Crippen molar-refractivity contribution in [3.8, 4) is 0 Å². The Labute approximate surface area is 226 Å². The van der Waals surface area contributed by atoms with Crippen LogP contribution in [0.3, 0.4) is 0 Å². The number of anilines is 2. The molecule has 10 heteroatoms. The van der Waals surface area contributed by atoms with Gasteiger partial charge in [0.05, 0.1) is 11.8 Å². The van der Waals surface area contributed by atoms with Crippen molar-refractivity contribution in [1.82, 2.24) is 9.69 Å². The summed E-state index contributed by atoms with van der Waals surface area (Å²) in [4.78, 5) is 41.2. The Morgan fingerprint density at radius 3 is 2.32 bits per heavy atom. The van der Waals surface area contributed by atoms with Crippen molar-refractivity contribution in [2.24, 2.45) is 5.73 Å². The minimum Gasteiger partial charge on any atom is -0.395 e. The fourth-order valence-electron chi connectivity index (χ4n) is 4.42. The van der Waals surface area contributed by atoms with E-state index in [-0.39, 0.29) is 34.2 Å². The Kier molecular flexibility index (Phi) is 8.43. The lowest BCUT2D eigenvalue weighted by molar-refractivity contribution is -0.123. The molecule has 1 aliphatic rings. The van der Waals surface area contributed by atoms with E-state index >= 15 is 0 Å². The number of nitrogen functional groups attached to an aromatic ring is 1. The van der Waals surface area contributed by atoms with E-state index in [4.69, 9.17) is 16.2 Å². The van der Waals surface area contributed by atoms with Crippen molar-refractivity contribution in [3.63, 3.8) is 0 Å². The molecule has 0 spiro atoms. The van der Waals surface area contributed by atoms with E-state index in [0.717, 1.165) is 35.5 Å². The number of amides is 3. The van der Waals surface area contributed by atoms with Crippen LogP contribution in [0.2, 0.25) is 0 Å². The van der Waals surface area contributed by atoms with Crippen LogP contribution in [-0.4, -0.2) is 41.4 Å². The Morgan fingerprint density at radius 1 is 1.11 bits per heavy atom. The molecule has 4 rings (SSSR count). The third-order valence-electron chi connectivity index (χ3n) is 6.64. The van der Waals surface area contributed by atoms with Crippen molar-refractivity contribution >= 4 is 40.6 Å². The quantitative estimate of drug-likeness (QED) is 0.379. The van der Waals surface area contributed by atoms with Gasteiger partial charge in [0.25, 0.3) is 11.8 Å².